The summed E-state index contributed by atoms with van der Waals surface area (Å²) in [5.41, 5.74) is 1.84. The average molecular weight is 312 g/mol. The Balaban J connectivity index is 3.33. The molecule has 0 spiro atoms. The van der Waals surface area contributed by atoms with Crippen molar-refractivity contribution >= 4 is 5.97 Å². The van der Waals surface area contributed by atoms with Gasteiger partial charge in [-0.1, -0.05) is 0 Å². The zero-order valence-electron chi connectivity index (χ0n) is 11.0. The molecule has 9 heteroatoms. The van der Waals surface area contributed by atoms with Crippen molar-refractivity contribution in [2.24, 2.45) is 5.73 Å². The van der Waals surface area contributed by atoms with Gasteiger partial charge in [0.1, 0.15) is 0 Å². The van der Waals surface area contributed by atoms with Gasteiger partial charge in [-0.2, -0.15) is 13.2 Å². The number of aromatic nitrogens is 1. The molecule has 0 saturated heterocycles. The zero-order chi connectivity index (χ0) is 16.2. The van der Waals surface area contributed by atoms with E-state index in [2.05, 4.69) is 9.72 Å². The van der Waals surface area contributed by atoms with Crippen LogP contribution in [0.25, 0.3) is 0 Å². The van der Waals surface area contributed by atoms with Crippen molar-refractivity contribution in [3.05, 3.63) is 28.6 Å². The van der Waals surface area contributed by atoms with Crippen molar-refractivity contribution in [2.75, 3.05) is 6.61 Å². The standard InChI is InChI=1S/C12H13F5N2O2/c1-2-21-10(20)4-8-6(11(13)14)3-7(12(15,16)17)9(5-18)19-8/h3,11H,2,4-5,18H2,1H3. The smallest absolute Gasteiger partial charge is 0.418 e. The van der Waals surface area contributed by atoms with Gasteiger partial charge in [0.2, 0.25) is 0 Å². The fraction of sp³-hybridized carbons (Fsp3) is 0.500. The van der Waals surface area contributed by atoms with Gasteiger partial charge in [0.05, 0.1) is 30.0 Å². The van der Waals surface area contributed by atoms with Gasteiger partial charge < -0.3 is 10.5 Å². The van der Waals surface area contributed by atoms with Crippen LogP contribution >= 0.6 is 0 Å². The van der Waals surface area contributed by atoms with Crippen LogP contribution in [0.3, 0.4) is 0 Å². The Labute approximate surface area is 117 Å². The predicted octanol–water partition coefficient (Wildman–Crippen LogP) is 2.60. The first kappa shape index (κ1) is 17.3. The maximum atomic E-state index is 12.9. The Hall–Kier alpha value is -1.77. The lowest BCUT2D eigenvalue weighted by atomic mass is 10.0. The van der Waals surface area contributed by atoms with Gasteiger partial charge in [0.15, 0.2) is 0 Å². The van der Waals surface area contributed by atoms with Gasteiger partial charge in [-0.05, 0) is 13.0 Å². The summed E-state index contributed by atoms with van der Waals surface area (Å²) in [7, 11) is 0. The van der Waals surface area contributed by atoms with Gasteiger partial charge in [0.25, 0.3) is 6.43 Å². The van der Waals surface area contributed by atoms with Crippen LogP contribution in [0.2, 0.25) is 0 Å². The van der Waals surface area contributed by atoms with Gasteiger partial charge >= 0.3 is 12.1 Å². The van der Waals surface area contributed by atoms with Gasteiger partial charge in [-0.3, -0.25) is 9.78 Å². The van der Waals surface area contributed by atoms with Crippen molar-refractivity contribution in [1.29, 1.82) is 0 Å². The van der Waals surface area contributed by atoms with Crippen molar-refractivity contribution < 1.29 is 31.5 Å². The molecule has 1 heterocycles. The number of ether oxygens (including phenoxy) is 1. The maximum Gasteiger partial charge on any atom is 0.418 e. The van der Waals surface area contributed by atoms with Gasteiger partial charge in [0, 0.05) is 12.1 Å². The molecule has 0 saturated carbocycles. The minimum absolute atomic E-state index is 0.0211. The molecule has 0 unspecified atom stereocenters. The molecule has 0 atom stereocenters. The zero-order valence-corrected chi connectivity index (χ0v) is 11.0. The molecule has 4 nitrogen and oxygen atoms in total. The van der Waals surface area contributed by atoms with E-state index < -0.39 is 54.1 Å². The minimum atomic E-state index is -4.85. The molecule has 0 bridgehead atoms. The van der Waals surface area contributed by atoms with E-state index in [0.29, 0.717) is 0 Å². The van der Waals surface area contributed by atoms with E-state index in [1.165, 1.54) is 6.92 Å². The molecule has 0 aliphatic rings. The minimum Gasteiger partial charge on any atom is -0.466 e. The number of nitrogens with two attached hydrogens (primary N) is 1. The molecule has 0 amide bonds. The Morgan fingerprint density at radius 1 is 1.38 bits per heavy atom. The van der Waals surface area contributed by atoms with Gasteiger partial charge in [-0.25, -0.2) is 8.78 Å². The Kier molecular flexibility index (Phi) is 5.59. The first-order valence-corrected chi connectivity index (χ1v) is 5.94. The quantitative estimate of drug-likeness (QED) is 0.670. The second-order valence-electron chi connectivity index (χ2n) is 4.00. The summed E-state index contributed by atoms with van der Waals surface area (Å²) >= 11 is 0. The van der Waals surface area contributed by atoms with E-state index in [-0.39, 0.29) is 12.7 Å². The number of hydrogen-bond donors (Lipinski definition) is 1. The molecule has 118 valence electrons. The highest BCUT2D eigenvalue weighted by atomic mass is 19.4. The van der Waals surface area contributed by atoms with Crippen molar-refractivity contribution in [2.45, 2.75) is 32.5 Å². The third-order valence-corrected chi connectivity index (χ3v) is 2.56. The van der Waals surface area contributed by atoms with Crippen LogP contribution in [0.4, 0.5) is 22.0 Å². The number of halogens is 5. The number of carbonyl (C=O) groups is 1. The summed E-state index contributed by atoms with van der Waals surface area (Å²) in [6.45, 7) is 0.943. The van der Waals surface area contributed by atoms with Crippen molar-refractivity contribution in [3.63, 3.8) is 0 Å². The molecule has 0 aliphatic heterocycles. The van der Waals surface area contributed by atoms with E-state index >= 15 is 0 Å². The number of alkyl halides is 5. The topological polar surface area (TPSA) is 65.2 Å². The Morgan fingerprint density at radius 2 is 2.00 bits per heavy atom. The second kappa shape index (κ2) is 6.79. The van der Waals surface area contributed by atoms with E-state index in [0.717, 1.165) is 0 Å². The molecule has 1 aromatic rings. The molecule has 1 aromatic heterocycles. The predicted molar refractivity (Wildman–Crippen MR) is 62.4 cm³/mol. The highest BCUT2D eigenvalue weighted by Crippen LogP contribution is 2.35. The molecule has 2 N–H and O–H groups in total. The third-order valence-electron chi connectivity index (χ3n) is 2.56. The van der Waals surface area contributed by atoms with E-state index in [9.17, 15) is 26.7 Å². The summed E-state index contributed by atoms with van der Waals surface area (Å²) in [5.74, 6) is -0.852. The van der Waals surface area contributed by atoms with Crippen LogP contribution in [0.1, 0.15) is 35.9 Å². The first-order chi connectivity index (χ1) is 9.70. The van der Waals surface area contributed by atoms with Crippen LogP contribution in [-0.2, 0) is 28.7 Å². The first-order valence-electron chi connectivity index (χ1n) is 5.94. The van der Waals surface area contributed by atoms with E-state index in [1.807, 2.05) is 0 Å². The number of nitrogens with zero attached hydrogens (tertiary/aromatic N) is 1. The Bertz CT molecular complexity index is 517. The fourth-order valence-electron chi connectivity index (χ4n) is 1.69. The molecule has 0 fully saturated rings. The SMILES string of the molecule is CCOC(=O)Cc1nc(CN)c(C(F)(F)F)cc1C(F)F. The lowest BCUT2D eigenvalue weighted by Gasteiger charge is -2.16. The molecule has 1 rings (SSSR count). The normalized spacial score (nSPS) is 11.8. The van der Waals surface area contributed by atoms with Crippen LogP contribution in [0.5, 0.6) is 0 Å². The van der Waals surface area contributed by atoms with Crippen LogP contribution in [0.15, 0.2) is 6.07 Å². The monoisotopic (exact) mass is 312 g/mol. The largest absolute Gasteiger partial charge is 0.466 e. The van der Waals surface area contributed by atoms with Crippen LogP contribution < -0.4 is 5.73 Å². The van der Waals surface area contributed by atoms with Crippen LogP contribution in [-0.4, -0.2) is 17.6 Å². The molecule has 0 radical (unpaired) electrons. The van der Waals surface area contributed by atoms with Gasteiger partial charge in [-0.15, -0.1) is 0 Å². The number of rotatable bonds is 5. The summed E-state index contributed by atoms with van der Waals surface area (Å²) < 4.78 is 68.6. The second-order valence-corrected chi connectivity index (χ2v) is 4.00. The molecule has 21 heavy (non-hydrogen) atoms. The summed E-state index contributed by atoms with van der Waals surface area (Å²) in [5, 5.41) is 0. The summed E-state index contributed by atoms with van der Waals surface area (Å²) in [6, 6.07) is 0.286. The summed E-state index contributed by atoms with van der Waals surface area (Å²) in [4.78, 5) is 14.8. The highest BCUT2D eigenvalue weighted by molar-refractivity contribution is 5.72. The third kappa shape index (κ3) is 4.35. The maximum absolute atomic E-state index is 12.9. The molecule has 0 aliphatic carbocycles. The number of hydrogen-bond acceptors (Lipinski definition) is 4. The molecular formula is C12H13F5N2O2. The molecular weight excluding hydrogens is 299 g/mol. The molecule has 0 aromatic carbocycles. The number of carbonyl (C=O) groups excluding carboxylic acids is 1. The average Bonchev–Trinajstić information content (AvgIpc) is 2.36. The van der Waals surface area contributed by atoms with Crippen LogP contribution in [0, 0.1) is 0 Å². The van der Waals surface area contributed by atoms with Crippen molar-refractivity contribution in [3.8, 4) is 0 Å². The lowest BCUT2D eigenvalue weighted by molar-refractivity contribution is -0.142. The fourth-order valence-corrected chi connectivity index (χ4v) is 1.69. The highest BCUT2D eigenvalue weighted by Gasteiger charge is 2.36. The number of pyridine rings is 1. The van der Waals surface area contributed by atoms with E-state index in [1.54, 1.807) is 0 Å². The van der Waals surface area contributed by atoms with Crippen molar-refractivity contribution in [1.82, 2.24) is 4.98 Å². The Morgan fingerprint density at radius 3 is 2.43 bits per heavy atom. The summed E-state index contributed by atoms with van der Waals surface area (Å²) in [6.07, 6.45) is -8.69. The lowest BCUT2D eigenvalue weighted by Crippen LogP contribution is -2.19. The van der Waals surface area contributed by atoms with E-state index in [4.69, 9.17) is 5.73 Å². The number of esters is 1.